The Balaban J connectivity index is 1.49. The van der Waals surface area contributed by atoms with Crippen molar-refractivity contribution < 1.29 is 4.74 Å². The molecule has 3 heteroatoms. The van der Waals surface area contributed by atoms with Crippen molar-refractivity contribution in [1.29, 1.82) is 0 Å². The molecule has 0 bridgehead atoms. The summed E-state index contributed by atoms with van der Waals surface area (Å²) in [5, 5.41) is 3.61. The summed E-state index contributed by atoms with van der Waals surface area (Å²) in [6.07, 6.45) is 7.00. The van der Waals surface area contributed by atoms with E-state index in [-0.39, 0.29) is 0 Å². The predicted octanol–water partition coefficient (Wildman–Crippen LogP) is 1.49. The van der Waals surface area contributed by atoms with Crippen molar-refractivity contribution in [2.75, 3.05) is 45.9 Å². The zero-order chi connectivity index (χ0) is 11.1. The van der Waals surface area contributed by atoms with Gasteiger partial charge in [-0.15, -0.1) is 0 Å². The fourth-order valence-electron chi connectivity index (χ4n) is 2.78. The second kappa shape index (κ2) is 7.25. The number of nitrogens with zero attached hydrogens (tertiary/aromatic N) is 1. The summed E-state index contributed by atoms with van der Waals surface area (Å²) in [5.74, 6) is 0.965. The van der Waals surface area contributed by atoms with Crippen LogP contribution in [0.1, 0.15) is 32.1 Å². The SMILES string of the molecule is C1CCC(CNCCN2CCCOCC2)C1. The van der Waals surface area contributed by atoms with Crippen molar-refractivity contribution in [3.63, 3.8) is 0 Å². The van der Waals surface area contributed by atoms with Crippen LogP contribution in [-0.2, 0) is 4.74 Å². The van der Waals surface area contributed by atoms with E-state index in [0.717, 1.165) is 32.2 Å². The second-order valence-electron chi connectivity index (χ2n) is 5.16. The molecule has 94 valence electrons. The van der Waals surface area contributed by atoms with E-state index >= 15 is 0 Å². The fraction of sp³-hybridized carbons (Fsp3) is 1.00. The Morgan fingerprint density at radius 2 is 1.94 bits per heavy atom. The standard InChI is InChI=1S/C13H26N2O/c1-2-5-13(4-1)12-14-6-8-15-7-3-10-16-11-9-15/h13-14H,1-12H2. The zero-order valence-corrected chi connectivity index (χ0v) is 10.4. The van der Waals surface area contributed by atoms with Gasteiger partial charge in [0.15, 0.2) is 0 Å². The lowest BCUT2D eigenvalue weighted by Gasteiger charge is -2.19. The normalized spacial score (nSPS) is 24.8. The second-order valence-corrected chi connectivity index (χ2v) is 5.16. The first kappa shape index (κ1) is 12.3. The Hall–Kier alpha value is -0.120. The van der Waals surface area contributed by atoms with E-state index in [0.29, 0.717) is 0 Å². The van der Waals surface area contributed by atoms with E-state index in [2.05, 4.69) is 10.2 Å². The van der Waals surface area contributed by atoms with Crippen LogP contribution in [0.3, 0.4) is 0 Å². The molecule has 16 heavy (non-hydrogen) atoms. The summed E-state index contributed by atoms with van der Waals surface area (Å²) in [6.45, 7) is 7.78. The van der Waals surface area contributed by atoms with E-state index in [9.17, 15) is 0 Å². The van der Waals surface area contributed by atoms with Gasteiger partial charge in [0, 0.05) is 32.8 Å². The van der Waals surface area contributed by atoms with Gasteiger partial charge < -0.3 is 10.1 Å². The maximum Gasteiger partial charge on any atom is 0.0593 e. The van der Waals surface area contributed by atoms with Crippen molar-refractivity contribution in [2.24, 2.45) is 5.92 Å². The highest BCUT2D eigenvalue weighted by Gasteiger charge is 2.14. The predicted molar refractivity (Wildman–Crippen MR) is 66.7 cm³/mol. The van der Waals surface area contributed by atoms with Crippen molar-refractivity contribution in [2.45, 2.75) is 32.1 Å². The first-order valence-corrected chi connectivity index (χ1v) is 6.96. The van der Waals surface area contributed by atoms with Crippen LogP contribution < -0.4 is 5.32 Å². The van der Waals surface area contributed by atoms with Gasteiger partial charge in [0.25, 0.3) is 0 Å². The van der Waals surface area contributed by atoms with E-state index in [1.165, 1.54) is 51.7 Å². The molecule has 0 unspecified atom stereocenters. The molecular weight excluding hydrogens is 200 g/mol. The number of hydrogen-bond acceptors (Lipinski definition) is 3. The molecule has 0 aromatic carbocycles. The number of rotatable bonds is 5. The molecular formula is C13H26N2O. The minimum atomic E-state index is 0.919. The maximum absolute atomic E-state index is 5.45. The smallest absolute Gasteiger partial charge is 0.0593 e. The largest absolute Gasteiger partial charge is 0.380 e. The van der Waals surface area contributed by atoms with Crippen LogP contribution in [0.25, 0.3) is 0 Å². The lowest BCUT2D eigenvalue weighted by molar-refractivity contribution is 0.141. The molecule has 1 heterocycles. The van der Waals surface area contributed by atoms with Gasteiger partial charge in [0.1, 0.15) is 0 Å². The van der Waals surface area contributed by atoms with E-state index in [1.54, 1.807) is 0 Å². The maximum atomic E-state index is 5.45. The topological polar surface area (TPSA) is 24.5 Å². The van der Waals surface area contributed by atoms with Crippen molar-refractivity contribution in [3.05, 3.63) is 0 Å². The van der Waals surface area contributed by atoms with E-state index < -0.39 is 0 Å². The van der Waals surface area contributed by atoms with Crippen LogP contribution in [0, 0.1) is 5.92 Å². The van der Waals surface area contributed by atoms with Gasteiger partial charge in [-0.1, -0.05) is 12.8 Å². The average Bonchev–Trinajstić information content (AvgIpc) is 2.68. The summed E-state index contributed by atoms with van der Waals surface area (Å²) < 4.78 is 5.45. The first-order chi connectivity index (χ1) is 7.95. The first-order valence-electron chi connectivity index (χ1n) is 6.96. The Labute approximate surface area is 99.5 Å². The molecule has 0 spiro atoms. The lowest BCUT2D eigenvalue weighted by Crippen LogP contribution is -2.35. The molecule has 1 saturated carbocycles. The third-order valence-corrected chi connectivity index (χ3v) is 3.83. The Morgan fingerprint density at radius 3 is 2.81 bits per heavy atom. The molecule has 2 rings (SSSR count). The highest BCUT2D eigenvalue weighted by Crippen LogP contribution is 2.23. The van der Waals surface area contributed by atoms with Gasteiger partial charge in [-0.3, -0.25) is 4.90 Å². The van der Waals surface area contributed by atoms with Gasteiger partial charge in [-0.2, -0.15) is 0 Å². The molecule has 0 atom stereocenters. The lowest BCUT2D eigenvalue weighted by atomic mass is 10.1. The number of ether oxygens (including phenoxy) is 1. The van der Waals surface area contributed by atoms with Gasteiger partial charge in [-0.05, 0) is 31.7 Å². The van der Waals surface area contributed by atoms with Crippen LogP contribution in [0.2, 0.25) is 0 Å². The molecule has 0 aromatic rings. The minimum Gasteiger partial charge on any atom is -0.380 e. The molecule has 1 aliphatic heterocycles. The Morgan fingerprint density at radius 1 is 1.06 bits per heavy atom. The van der Waals surface area contributed by atoms with Crippen molar-refractivity contribution in [1.82, 2.24) is 10.2 Å². The van der Waals surface area contributed by atoms with Crippen molar-refractivity contribution >= 4 is 0 Å². The van der Waals surface area contributed by atoms with Crippen LogP contribution >= 0.6 is 0 Å². The minimum absolute atomic E-state index is 0.919. The molecule has 1 aliphatic carbocycles. The van der Waals surface area contributed by atoms with Gasteiger partial charge in [-0.25, -0.2) is 0 Å². The Kier molecular flexibility index (Phi) is 5.59. The third-order valence-electron chi connectivity index (χ3n) is 3.83. The third kappa shape index (κ3) is 4.40. The average molecular weight is 226 g/mol. The zero-order valence-electron chi connectivity index (χ0n) is 10.4. The molecule has 0 radical (unpaired) electrons. The summed E-state index contributed by atoms with van der Waals surface area (Å²) in [6, 6.07) is 0. The van der Waals surface area contributed by atoms with Crippen LogP contribution in [0.4, 0.5) is 0 Å². The quantitative estimate of drug-likeness (QED) is 0.719. The molecule has 0 amide bonds. The van der Waals surface area contributed by atoms with Crippen LogP contribution in [0.15, 0.2) is 0 Å². The van der Waals surface area contributed by atoms with Gasteiger partial charge in [0.2, 0.25) is 0 Å². The Bertz CT molecular complexity index is 173. The molecule has 1 N–H and O–H groups in total. The molecule has 3 nitrogen and oxygen atoms in total. The monoisotopic (exact) mass is 226 g/mol. The summed E-state index contributed by atoms with van der Waals surface area (Å²) in [5.41, 5.74) is 0. The fourth-order valence-corrected chi connectivity index (χ4v) is 2.78. The molecule has 2 aliphatic rings. The highest BCUT2D eigenvalue weighted by molar-refractivity contribution is 4.70. The van der Waals surface area contributed by atoms with Gasteiger partial charge in [0.05, 0.1) is 6.61 Å². The van der Waals surface area contributed by atoms with E-state index in [1.807, 2.05) is 0 Å². The van der Waals surface area contributed by atoms with Crippen molar-refractivity contribution in [3.8, 4) is 0 Å². The van der Waals surface area contributed by atoms with Gasteiger partial charge >= 0.3 is 0 Å². The summed E-state index contributed by atoms with van der Waals surface area (Å²) >= 11 is 0. The summed E-state index contributed by atoms with van der Waals surface area (Å²) in [4.78, 5) is 2.52. The molecule has 1 saturated heterocycles. The number of nitrogens with one attached hydrogen (secondary N) is 1. The van der Waals surface area contributed by atoms with E-state index in [4.69, 9.17) is 4.74 Å². The molecule has 2 fully saturated rings. The number of hydrogen-bond donors (Lipinski definition) is 1. The highest BCUT2D eigenvalue weighted by atomic mass is 16.5. The molecule has 0 aromatic heterocycles. The van der Waals surface area contributed by atoms with Crippen LogP contribution in [0.5, 0.6) is 0 Å². The summed E-state index contributed by atoms with van der Waals surface area (Å²) in [7, 11) is 0. The van der Waals surface area contributed by atoms with Crippen LogP contribution in [-0.4, -0.2) is 50.8 Å².